The van der Waals surface area contributed by atoms with Gasteiger partial charge in [-0.2, -0.15) is 0 Å². The van der Waals surface area contributed by atoms with Gasteiger partial charge in [0.15, 0.2) is 0 Å². The van der Waals surface area contributed by atoms with Crippen molar-refractivity contribution in [3.63, 3.8) is 0 Å². The fourth-order valence-electron chi connectivity index (χ4n) is 3.03. The third-order valence-corrected chi connectivity index (χ3v) is 8.39. The molecule has 0 aliphatic rings. The van der Waals surface area contributed by atoms with Gasteiger partial charge in [-0.05, 0) is 0 Å². The second-order valence-corrected chi connectivity index (χ2v) is 15.6. The van der Waals surface area contributed by atoms with Crippen LogP contribution in [0.2, 0.25) is 14.3 Å². The van der Waals surface area contributed by atoms with E-state index < -0.39 is 19.8 Å². The molecular formula is C20H43Sn. The molecule has 0 aliphatic carbocycles. The predicted molar refractivity (Wildman–Crippen MR) is 102 cm³/mol. The molecule has 0 spiro atoms. The fourth-order valence-corrected chi connectivity index (χ4v) is 5.76. The Morgan fingerprint density at radius 1 is 0.429 bits per heavy atom. The number of hydrogen-bond donors (Lipinski definition) is 0. The van der Waals surface area contributed by atoms with E-state index in [1.54, 1.807) is 10.9 Å². The molecule has 0 aromatic carbocycles. The molecule has 0 heterocycles. The van der Waals surface area contributed by atoms with Crippen molar-refractivity contribution in [2.24, 2.45) is 0 Å². The van der Waals surface area contributed by atoms with E-state index in [1.165, 1.54) is 96.3 Å². The Labute approximate surface area is 143 Å². The summed E-state index contributed by atoms with van der Waals surface area (Å²) in [7, 11) is 0. The Bertz CT molecular complexity index is 177. The fraction of sp³-hybridized carbons (Fsp3) is 1.00. The standard InChI is InChI=1S/C18H37.2CH3.Sn/c1-3-5-7-9-11-13-15-17-18-16-14-12-10-8-6-4-2;;;/h1,3-18H2,2H3;2*1H3;. The molecule has 0 bridgehead atoms. The van der Waals surface area contributed by atoms with Crippen molar-refractivity contribution in [1.82, 2.24) is 0 Å². The third kappa shape index (κ3) is 20.8. The van der Waals surface area contributed by atoms with Gasteiger partial charge in [-0.3, -0.25) is 0 Å². The molecule has 0 rings (SSSR count). The van der Waals surface area contributed by atoms with Crippen LogP contribution in [0, 0.1) is 0 Å². The van der Waals surface area contributed by atoms with Crippen LogP contribution in [0.3, 0.4) is 0 Å². The Hall–Kier alpha value is 0.799. The summed E-state index contributed by atoms with van der Waals surface area (Å²) >= 11 is -0.747. The molecule has 21 heavy (non-hydrogen) atoms. The molecule has 0 unspecified atom stereocenters. The molecule has 0 aromatic heterocycles. The van der Waals surface area contributed by atoms with Crippen LogP contribution in [0.5, 0.6) is 0 Å². The molecule has 0 amide bonds. The average Bonchev–Trinajstić information content (AvgIpc) is 2.46. The van der Waals surface area contributed by atoms with Crippen LogP contribution in [-0.4, -0.2) is 19.8 Å². The van der Waals surface area contributed by atoms with Crippen molar-refractivity contribution in [1.29, 1.82) is 0 Å². The van der Waals surface area contributed by atoms with Crippen LogP contribution in [0.15, 0.2) is 0 Å². The van der Waals surface area contributed by atoms with Crippen LogP contribution in [0.1, 0.15) is 110 Å². The molecule has 0 saturated carbocycles. The molecule has 0 aromatic rings. The maximum atomic E-state index is 2.54. The van der Waals surface area contributed by atoms with Gasteiger partial charge in [-0.1, -0.05) is 39.0 Å². The van der Waals surface area contributed by atoms with Crippen molar-refractivity contribution in [3.05, 3.63) is 0 Å². The quantitative estimate of drug-likeness (QED) is 0.171. The Morgan fingerprint density at radius 2 is 0.714 bits per heavy atom. The third-order valence-electron chi connectivity index (χ3n) is 4.53. The summed E-state index contributed by atoms with van der Waals surface area (Å²) in [5, 5.41) is 0. The molecule has 0 atom stereocenters. The van der Waals surface area contributed by atoms with Crippen molar-refractivity contribution in [2.75, 3.05) is 0 Å². The maximum absolute atomic E-state index is 2.54. The molecular weight excluding hydrogens is 359 g/mol. The van der Waals surface area contributed by atoms with E-state index in [-0.39, 0.29) is 0 Å². The monoisotopic (exact) mass is 403 g/mol. The molecule has 0 saturated heterocycles. The summed E-state index contributed by atoms with van der Waals surface area (Å²) < 4.78 is 1.63. The average molecular weight is 402 g/mol. The summed E-state index contributed by atoms with van der Waals surface area (Å²) in [6, 6.07) is 0. The van der Waals surface area contributed by atoms with Crippen LogP contribution in [0.25, 0.3) is 0 Å². The van der Waals surface area contributed by atoms with E-state index in [2.05, 4.69) is 16.8 Å². The summed E-state index contributed by atoms with van der Waals surface area (Å²) in [6.07, 6.45) is 23.8. The minimum absolute atomic E-state index is 0.747. The zero-order valence-corrected chi connectivity index (χ0v) is 18.4. The van der Waals surface area contributed by atoms with E-state index in [0.717, 1.165) is 0 Å². The molecule has 1 radical (unpaired) electrons. The van der Waals surface area contributed by atoms with E-state index in [9.17, 15) is 0 Å². The van der Waals surface area contributed by atoms with Crippen molar-refractivity contribution < 1.29 is 0 Å². The second-order valence-electron chi connectivity index (χ2n) is 7.26. The zero-order chi connectivity index (χ0) is 15.6. The van der Waals surface area contributed by atoms with Gasteiger partial charge in [0, 0.05) is 0 Å². The van der Waals surface area contributed by atoms with Crippen molar-refractivity contribution in [2.45, 2.75) is 124 Å². The SMILES string of the molecule is CCCCCCCCCCCCCCCCC[CH2][Sn]([CH3])[CH3]. The summed E-state index contributed by atoms with van der Waals surface area (Å²) in [5.74, 6) is 0. The Balaban J connectivity index is 2.93. The van der Waals surface area contributed by atoms with Gasteiger partial charge in [0.25, 0.3) is 0 Å². The first-order valence-corrected chi connectivity index (χ1v) is 17.8. The van der Waals surface area contributed by atoms with Gasteiger partial charge in [-0.25, -0.2) is 0 Å². The second kappa shape index (κ2) is 18.8. The molecule has 0 fully saturated rings. The van der Waals surface area contributed by atoms with Gasteiger partial charge in [-0.15, -0.1) is 0 Å². The van der Waals surface area contributed by atoms with Crippen LogP contribution < -0.4 is 0 Å². The van der Waals surface area contributed by atoms with Crippen molar-refractivity contribution in [3.8, 4) is 0 Å². The van der Waals surface area contributed by atoms with Gasteiger partial charge >= 0.3 is 105 Å². The zero-order valence-electron chi connectivity index (χ0n) is 15.5. The minimum atomic E-state index is -0.747. The van der Waals surface area contributed by atoms with Gasteiger partial charge in [0.2, 0.25) is 0 Å². The first kappa shape index (κ1) is 21.8. The molecule has 0 nitrogen and oxygen atoms in total. The van der Waals surface area contributed by atoms with E-state index >= 15 is 0 Å². The first-order chi connectivity index (χ1) is 10.3. The summed E-state index contributed by atoms with van der Waals surface area (Å²) in [4.78, 5) is 5.07. The van der Waals surface area contributed by atoms with Crippen LogP contribution >= 0.6 is 0 Å². The van der Waals surface area contributed by atoms with Gasteiger partial charge < -0.3 is 0 Å². The molecule has 0 aliphatic heterocycles. The normalized spacial score (nSPS) is 11.4. The van der Waals surface area contributed by atoms with Gasteiger partial charge in [0.1, 0.15) is 0 Å². The van der Waals surface area contributed by atoms with Gasteiger partial charge in [0.05, 0.1) is 0 Å². The first-order valence-electron chi connectivity index (χ1n) is 10.1. The number of hydrogen-bond acceptors (Lipinski definition) is 0. The Morgan fingerprint density at radius 3 is 1.00 bits per heavy atom. The van der Waals surface area contributed by atoms with Crippen molar-refractivity contribution >= 4 is 19.8 Å². The molecule has 0 N–H and O–H groups in total. The topological polar surface area (TPSA) is 0 Å². The predicted octanol–water partition coefficient (Wildman–Crippen LogP) is 8.00. The summed E-state index contributed by atoms with van der Waals surface area (Å²) in [6.45, 7) is 2.30. The summed E-state index contributed by atoms with van der Waals surface area (Å²) in [5.41, 5.74) is 0. The molecule has 127 valence electrons. The Kier molecular flexibility index (Phi) is 19.6. The van der Waals surface area contributed by atoms with E-state index in [4.69, 9.17) is 0 Å². The van der Waals surface area contributed by atoms with E-state index in [1.807, 2.05) is 0 Å². The molecule has 1 heteroatoms. The number of rotatable bonds is 17. The van der Waals surface area contributed by atoms with E-state index in [0.29, 0.717) is 0 Å². The number of unbranched alkanes of at least 4 members (excludes halogenated alkanes) is 15. The van der Waals surface area contributed by atoms with Crippen LogP contribution in [-0.2, 0) is 0 Å². The van der Waals surface area contributed by atoms with Crippen LogP contribution in [0.4, 0.5) is 0 Å².